The summed E-state index contributed by atoms with van der Waals surface area (Å²) in [5, 5.41) is 0. The van der Waals surface area contributed by atoms with Crippen LogP contribution in [0.2, 0.25) is 0 Å². The number of methoxy groups -OCH3 is 2. The number of carbonyl (C=O) groups is 2. The Morgan fingerprint density at radius 1 is 0.944 bits per heavy atom. The molecule has 0 N–H and O–H groups in total. The minimum absolute atomic E-state index is 0.162. The highest BCUT2D eigenvalue weighted by molar-refractivity contribution is 5.92. The maximum absolute atomic E-state index is 12.4. The SMILES string of the molecule is COC(=O)[C@]12CC3C[C@@]1(C(=O)OC)[C@@H]1CC[C@H]2C31. The average molecular weight is 250 g/mol. The van der Waals surface area contributed by atoms with Gasteiger partial charge < -0.3 is 9.47 Å². The van der Waals surface area contributed by atoms with Crippen LogP contribution >= 0.6 is 0 Å². The standard InChI is InChI=1S/C14H18O4/c1-17-11(15)13-5-7-6-14(13,12(16)18-2)9-4-3-8(13)10(7)9/h7-10H,3-6H2,1-2H3/t7?,8-,9+,10?,13+,14-. The van der Waals surface area contributed by atoms with E-state index in [2.05, 4.69) is 0 Å². The second-order valence-corrected chi connectivity index (χ2v) is 6.46. The fourth-order valence-electron chi connectivity index (χ4n) is 6.53. The summed E-state index contributed by atoms with van der Waals surface area (Å²) in [5.74, 6) is 1.53. The maximum atomic E-state index is 12.4. The van der Waals surface area contributed by atoms with E-state index in [1.165, 1.54) is 14.2 Å². The Morgan fingerprint density at radius 2 is 1.39 bits per heavy atom. The molecule has 5 rings (SSSR count). The zero-order valence-corrected chi connectivity index (χ0v) is 10.8. The Hall–Kier alpha value is -1.06. The van der Waals surface area contributed by atoms with Crippen LogP contribution in [0.25, 0.3) is 0 Å². The van der Waals surface area contributed by atoms with Gasteiger partial charge in [-0.2, -0.15) is 0 Å². The number of hydrogen-bond donors (Lipinski definition) is 0. The first-order valence-electron chi connectivity index (χ1n) is 6.80. The van der Waals surface area contributed by atoms with Crippen molar-refractivity contribution < 1.29 is 19.1 Å². The smallest absolute Gasteiger partial charge is 0.313 e. The third-order valence-electron chi connectivity index (χ3n) is 6.59. The van der Waals surface area contributed by atoms with Crippen molar-refractivity contribution in [2.24, 2.45) is 34.5 Å². The van der Waals surface area contributed by atoms with Gasteiger partial charge in [0.05, 0.1) is 25.0 Å². The van der Waals surface area contributed by atoms with E-state index in [1.807, 2.05) is 0 Å². The van der Waals surface area contributed by atoms with Gasteiger partial charge in [-0.15, -0.1) is 0 Å². The lowest BCUT2D eigenvalue weighted by atomic mass is 9.57. The van der Waals surface area contributed by atoms with Crippen LogP contribution in [0.15, 0.2) is 0 Å². The van der Waals surface area contributed by atoms with Crippen molar-refractivity contribution in [3.8, 4) is 0 Å². The van der Waals surface area contributed by atoms with E-state index in [1.54, 1.807) is 0 Å². The number of rotatable bonds is 2. The number of ether oxygens (including phenoxy) is 2. The Morgan fingerprint density at radius 3 is 1.78 bits per heavy atom. The summed E-state index contributed by atoms with van der Waals surface area (Å²) in [4.78, 5) is 24.8. The second-order valence-electron chi connectivity index (χ2n) is 6.46. The lowest BCUT2D eigenvalue weighted by Crippen LogP contribution is -2.53. The Balaban J connectivity index is 1.92. The minimum atomic E-state index is -0.549. The third-order valence-corrected chi connectivity index (χ3v) is 6.59. The molecular formula is C14H18O4. The van der Waals surface area contributed by atoms with Crippen LogP contribution in [0, 0.1) is 34.5 Å². The van der Waals surface area contributed by atoms with Gasteiger partial charge in [-0.25, -0.2) is 0 Å². The first-order chi connectivity index (χ1) is 8.63. The number of hydrogen-bond acceptors (Lipinski definition) is 4. The highest BCUT2D eigenvalue weighted by Crippen LogP contribution is 2.86. The van der Waals surface area contributed by atoms with Gasteiger partial charge >= 0.3 is 11.9 Å². The van der Waals surface area contributed by atoms with E-state index in [9.17, 15) is 9.59 Å². The van der Waals surface area contributed by atoms with Crippen LogP contribution in [0.3, 0.4) is 0 Å². The van der Waals surface area contributed by atoms with E-state index in [-0.39, 0.29) is 11.9 Å². The summed E-state index contributed by atoms with van der Waals surface area (Å²) in [5.41, 5.74) is -1.10. The van der Waals surface area contributed by atoms with E-state index in [0.29, 0.717) is 23.7 Å². The van der Waals surface area contributed by atoms with Crippen LogP contribution in [0.4, 0.5) is 0 Å². The van der Waals surface area contributed by atoms with Crippen LogP contribution in [-0.2, 0) is 19.1 Å². The summed E-state index contributed by atoms with van der Waals surface area (Å²) in [6.45, 7) is 0. The molecule has 0 aromatic heterocycles. The molecule has 5 aliphatic rings. The van der Waals surface area contributed by atoms with Crippen molar-refractivity contribution >= 4 is 11.9 Å². The molecule has 6 atom stereocenters. The van der Waals surface area contributed by atoms with Gasteiger partial charge in [-0.3, -0.25) is 9.59 Å². The molecule has 2 unspecified atom stereocenters. The molecule has 0 aromatic rings. The highest BCUT2D eigenvalue weighted by atomic mass is 16.5. The van der Waals surface area contributed by atoms with E-state index >= 15 is 0 Å². The van der Waals surface area contributed by atoms with Crippen molar-refractivity contribution in [2.45, 2.75) is 25.7 Å². The fraction of sp³-hybridized carbons (Fsp3) is 0.857. The van der Waals surface area contributed by atoms with Gasteiger partial charge in [0.2, 0.25) is 0 Å². The Labute approximate surface area is 106 Å². The van der Waals surface area contributed by atoms with Crippen LogP contribution in [0.1, 0.15) is 25.7 Å². The predicted octanol–water partition coefficient (Wildman–Crippen LogP) is 1.38. The molecule has 0 saturated heterocycles. The summed E-state index contributed by atoms with van der Waals surface area (Å²) < 4.78 is 10.2. The van der Waals surface area contributed by atoms with E-state index in [4.69, 9.17) is 9.47 Å². The molecule has 5 aliphatic carbocycles. The molecule has 0 radical (unpaired) electrons. The maximum Gasteiger partial charge on any atom is 0.313 e. The van der Waals surface area contributed by atoms with Gasteiger partial charge in [-0.05, 0) is 49.4 Å². The Kier molecular flexibility index (Phi) is 1.75. The van der Waals surface area contributed by atoms with Crippen molar-refractivity contribution in [3.63, 3.8) is 0 Å². The summed E-state index contributed by atoms with van der Waals surface area (Å²) >= 11 is 0. The lowest BCUT2D eigenvalue weighted by Gasteiger charge is -2.44. The van der Waals surface area contributed by atoms with Crippen molar-refractivity contribution in [1.82, 2.24) is 0 Å². The summed E-state index contributed by atoms with van der Waals surface area (Å²) in [6, 6.07) is 0. The van der Waals surface area contributed by atoms with Gasteiger partial charge in [-0.1, -0.05) is 0 Å². The zero-order valence-electron chi connectivity index (χ0n) is 10.8. The highest BCUT2D eigenvalue weighted by Gasteiger charge is 2.88. The molecule has 0 aromatic carbocycles. The van der Waals surface area contributed by atoms with Crippen LogP contribution in [-0.4, -0.2) is 26.2 Å². The molecule has 18 heavy (non-hydrogen) atoms. The van der Waals surface area contributed by atoms with Crippen molar-refractivity contribution in [1.29, 1.82) is 0 Å². The van der Waals surface area contributed by atoms with Crippen LogP contribution in [0.5, 0.6) is 0 Å². The lowest BCUT2D eigenvalue weighted by molar-refractivity contribution is -0.181. The predicted molar refractivity (Wildman–Crippen MR) is 61.3 cm³/mol. The summed E-state index contributed by atoms with van der Waals surface area (Å²) in [6.07, 6.45) is 3.86. The molecule has 0 heterocycles. The van der Waals surface area contributed by atoms with Crippen LogP contribution < -0.4 is 0 Å². The number of esters is 2. The van der Waals surface area contributed by atoms with E-state index in [0.717, 1.165) is 25.7 Å². The van der Waals surface area contributed by atoms with Gasteiger partial charge in [0, 0.05) is 0 Å². The molecule has 4 heteroatoms. The van der Waals surface area contributed by atoms with Crippen molar-refractivity contribution in [3.05, 3.63) is 0 Å². The first kappa shape index (κ1) is 10.8. The Bertz CT molecular complexity index is 419. The normalized spacial score (nSPS) is 54.1. The molecule has 4 nitrogen and oxygen atoms in total. The molecule has 98 valence electrons. The van der Waals surface area contributed by atoms with E-state index < -0.39 is 10.8 Å². The third kappa shape index (κ3) is 0.733. The monoisotopic (exact) mass is 250 g/mol. The van der Waals surface area contributed by atoms with Gasteiger partial charge in [0.25, 0.3) is 0 Å². The fourth-order valence-corrected chi connectivity index (χ4v) is 6.53. The number of carbonyl (C=O) groups excluding carboxylic acids is 2. The molecule has 5 fully saturated rings. The first-order valence-corrected chi connectivity index (χ1v) is 6.80. The molecule has 5 saturated carbocycles. The van der Waals surface area contributed by atoms with Gasteiger partial charge in [0.1, 0.15) is 0 Å². The average Bonchev–Trinajstić information content (AvgIpc) is 3.11. The molecular weight excluding hydrogens is 232 g/mol. The summed E-state index contributed by atoms with van der Waals surface area (Å²) in [7, 11) is 2.89. The molecule has 0 spiro atoms. The quantitative estimate of drug-likeness (QED) is 0.695. The minimum Gasteiger partial charge on any atom is -0.469 e. The zero-order chi connectivity index (χ0) is 12.7. The largest absolute Gasteiger partial charge is 0.469 e. The molecule has 0 amide bonds. The molecule has 6 bridgehead atoms. The molecule has 0 aliphatic heterocycles. The van der Waals surface area contributed by atoms with Crippen molar-refractivity contribution in [2.75, 3.05) is 14.2 Å². The topological polar surface area (TPSA) is 52.6 Å². The second kappa shape index (κ2) is 2.91. The van der Waals surface area contributed by atoms with Gasteiger partial charge in [0.15, 0.2) is 0 Å².